The summed E-state index contributed by atoms with van der Waals surface area (Å²) in [5, 5.41) is 2.24. The molecule has 28 heavy (non-hydrogen) atoms. The van der Waals surface area contributed by atoms with Crippen LogP contribution in [0.4, 0.5) is 18.9 Å². The Bertz CT molecular complexity index is 926. The number of pyridine rings is 1. The first kappa shape index (κ1) is 21.6. The van der Waals surface area contributed by atoms with Crippen LogP contribution in [0.15, 0.2) is 29.2 Å². The standard InChI is InChI=1S/C18H18ClF3N2O4/c1-9(2)8-28-15-12(19)4-10(5-14(15)27-3)16(25)24-13-6-11(18(20,21)22)7-23-17(13)26/h4-7,9H,8H2,1-3H3,(H,23,26)(H,24,25). The van der Waals surface area contributed by atoms with E-state index in [0.29, 0.717) is 18.9 Å². The fourth-order valence-corrected chi connectivity index (χ4v) is 2.44. The van der Waals surface area contributed by atoms with Crippen LogP contribution in [0.25, 0.3) is 0 Å². The first-order valence-corrected chi connectivity index (χ1v) is 8.52. The Morgan fingerprint density at radius 3 is 2.54 bits per heavy atom. The van der Waals surface area contributed by atoms with Crippen LogP contribution in [0.2, 0.25) is 5.02 Å². The number of aromatic nitrogens is 1. The molecule has 0 bridgehead atoms. The van der Waals surface area contributed by atoms with Crippen molar-refractivity contribution in [2.75, 3.05) is 19.0 Å². The summed E-state index contributed by atoms with van der Waals surface area (Å²) < 4.78 is 49.2. The number of carbonyl (C=O) groups is 1. The number of rotatable bonds is 6. The van der Waals surface area contributed by atoms with Gasteiger partial charge in [0.05, 0.1) is 24.3 Å². The number of hydrogen-bond donors (Lipinski definition) is 2. The Labute approximate surface area is 163 Å². The Morgan fingerprint density at radius 1 is 1.29 bits per heavy atom. The second-order valence-electron chi connectivity index (χ2n) is 6.28. The number of methoxy groups -OCH3 is 1. The Kier molecular flexibility index (Phi) is 6.60. The molecule has 0 fully saturated rings. The number of H-pyrrole nitrogens is 1. The van der Waals surface area contributed by atoms with Gasteiger partial charge in [0.15, 0.2) is 11.5 Å². The van der Waals surface area contributed by atoms with E-state index in [1.54, 1.807) is 0 Å². The van der Waals surface area contributed by atoms with Gasteiger partial charge in [0.2, 0.25) is 0 Å². The van der Waals surface area contributed by atoms with Crippen LogP contribution in [0, 0.1) is 5.92 Å². The normalized spacial score (nSPS) is 11.4. The number of anilines is 1. The minimum atomic E-state index is -4.67. The third-order valence-corrected chi connectivity index (χ3v) is 3.81. The average Bonchev–Trinajstić information content (AvgIpc) is 2.60. The van der Waals surface area contributed by atoms with Gasteiger partial charge in [-0.2, -0.15) is 13.2 Å². The summed E-state index contributed by atoms with van der Waals surface area (Å²) in [7, 11) is 1.35. The highest BCUT2D eigenvalue weighted by atomic mass is 35.5. The highest BCUT2D eigenvalue weighted by Crippen LogP contribution is 2.37. The fourth-order valence-electron chi connectivity index (χ4n) is 2.18. The van der Waals surface area contributed by atoms with Gasteiger partial charge in [0, 0.05) is 11.8 Å². The monoisotopic (exact) mass is 418 g/mol. The molecule has 0 aliphatic heterocycles. The number of aromatic amines is 1. The van der Waals surface area contributed by atoms with Crippen molar-refractivity contribution in [3.63, 3.8) is 0 Å². The summed E-state index contributed by atoms with van der Waals surface area (Å²) in [6.07, 6.45) is -4.15. The molecular formula is C18H18ClF3N2O4. The van der Waals surface area contributed by atoms with Crippen molar-refractivity contribution in [2.24, 2.45) is 5.92 Å². The molecule has 10 heteroatoms. The molecule has 0 aliphatic carbocycles. The minimum Gasteiger partial charge on any atom is -0.493 e. The smallest absolute Gasteiger partial charge is 0.417 e. The maximum Gasteiger partial charge on any atom is 0.417 e. The molecule has 0 saturated carbocycles. The maximum atomic E-state index is 12.8. The quantitative estimate of drug-likeness (QED) is 0.731. The van der Waals surface area contributed by atoms with Gasteiger partial charge in [-0.15, -0.1) is 0 Å². The van der Waals surface area contributed by atoms with Gasteiger partial charge in [0.1, 0.15) is 5.69 Å². The van der Waals surface area contributed by atoms with E-state index in [9.17, 15) is 22.8 Å². The number of nitrogens with one attached hydrogen (secondary N) is 2. The number of ether oxygens (including phenoxy) is 2. The van der Waals surface area contributed by atoms with E-state index < -0.39 is 28.9 Å². The van der Waals surface area contributed by atoms with Gasteiger partial charge < -0.3 is 19.8 Å². The molecule has 0 aliphatic rings. The molecule has 0 atom stereocenters. The second kappa shape index (κ2) is 8.55. The Hall–Kier alpha value is -2.68. The molecule has 2 N–H and O–H groups in total. The van der Waals surface area contributed by atoms with Crippen molar-refractivity contribution >= 4 is 23.2 Å². The molecule has 152 valence electrons. The van der Waals surface area contributed by atoms with Crippen molar-refractivity contribution in [3.8, 4) is 11.5 Å². The molecular weight excluding hydrogens is 401 g/mol. The van der Waals surface area contributed by atoms with Crippen molar-refractivity contribution in [3.05, 3.63) is 50.9 Å². The highest BCUT2D eigenvalue weighted by Gasteiger charge is 2.31. The third-order valence-electron chi connectivity index (χ3n) is 3.53. The van der Waals surface area contributed by atoms with Gasteiger partial charge >= 0.3 is 6.18 Å². The van der Waals surface area contributed by atoms with Crippen LogP contribution in [0.3, 0.4) is 0 Å². The molecule has 1 amide bonds. The molecule has 1 aromatic carbocycles. The van der Waals surface area contributed by atoms with Gasteiger partial charge in [-0.3, -0.25) is 9.59 Å². The lowest BCUT2D eigenvalue weighted by molar-refractivity contribution is -0.137. The lowest BCUT2D eigenvalue weighted by Gasteiger charge is -2.15. The van der Waals surface area contributed by atoms with Crippen LogP contribution < -0.4 is 20.3 Å². The zero-order valence-corrected chi connectivity index (χ0v) is 16.0. The van der Waals surface area contributed by atoms with Gasteiger partial charge in [-0.1, -0.05) is 25.4 Å². The van der Waals surface area contributed by atoms with Crippen molar-refractivity contribution < 1.29 is 27.4 Å². The number of alkyl halides is 3. The largest absolute Gasteiger partial charge is 0.493 e. The maximum absolute atomic E-state index is 12.8. The summed E-state index contributed by atoms with van der Waals surface area (Å²) in [5.74, 6) is -0.195. The summed E-state index contributed by atoms with van der Waals surface area (Å²) >= 11 is 6.16. The Balaban J connectivity index is 2.32. The first-order valence-electron chi connectivity index (χ1n) is 8.14. The van der Waals surface area contributed by atoms with Crippen molar-refractivity contribution in [1.29, 1.82) is 0 Å². The molecule has 0 saturated heterocycles. The molecule has 0 unspecified atom stereocenters. The van der Waals surface area contributed by atoms with Crippen molar-refractivity contribution in [1.82, 2.24) is 4.98 Å². The van der Waals surface area contributed by atoms with Crippen LogP contribution in [0.5, 0.6) is 11.5 Å². The summed E-state index contributed by atoms with van der Waals surface area (Å²) in [5.41, 5.74) is -2.54. The molecule has 1 heterocycles. The minimum absolute atomic E-state index is 0.0180. The van der Waals surface area contributed by atoms with E-state index in [0.717, 1.165) is 0 Å². The molecule has 6 nitrogen and oxygen atoms in total. The number of hydrogen-bond acceptors (Lipinski definition) is 4. The van der Waals surface area contributed by atoms with E-state index in [4.69, 9.17) is 21.1 Å². The zero-order valence-electron chi connectivity index (χ0n) is 15.2. The lowest BCUT2D eigenvalue weighted by atomic mass is 10.1. The fraction of sp³-hybridized carbons (Fsp3) is 0.333. The molecule has 1 aromatic heterocycles. The van der Waals surface area contributed by atoms with Crippen LogP contribution in [0.1, 0.15) is 29.8 Å². The predicted octanol–water partition coefficient (Wildman–Crippen LogP) is 4.34. The molecule has 2 rings (SSSR count). The van der Waals surface area contributed by atoms with Crippen LogP contribution in [-0.4, -0.2) is 24.6 Å². The van der Waals surface area contributed by atoms with E-state index in [2.05, 4.69) is 5.32 Å². The summed E-state index contributed by atoms with van der Waals surface area (Å²) in [4.78, 5) is 26.1. The third kappa shape index (κ3) is 5.19. The number of carbonyl (C=O) groups excluding carboxylic acids is 1. The van der Waals surface area contributed by atoms with Gasteiger partial charge in [-0.05, 0) is 24.1 Å². The van der Waals surface area contributed by atoms with Crippen molar-refractivity contribution in [2.45, 2.75) is 20.0 Å². The van der Waals surface area contributed by atoms with Gasteiger partial charge in [-0.25, -0.2) is 0 Å². The average molecular weight is 419 g/mol. The topological polar surface area (TPSA) is 80.4 Å². The molecule has 2 aromatic rings. The number of benzene rings is 1. The van der Waals surface area contributed by atoms with Crippen LogP contribution in [-0.2, 0) is 6.18 Å². The highest BCUT2D eigenvalue weighted by molar-refractivity contribution is 6.32. The summed E-state index contributed by atoms with van der Waals surface area (Å²) in [6.45, 7) is 4.24. The number of amides is 1. The van der Waals surface area contributed by atoms with E-state index in [1.165, 1.54) is 19.2 Å². The molecule has 0 spiro atoms. The molecule has 0 radical (unpaired) electrons. The first-order chi connectivity index (χ1) is 13.0. The van der Waals surface area contributed by atoms with E-state index >= 15 is 0 Å². The van der Waals surface area contributed by atoms with E-state index in [-0.39, 0.29) is 28.0 Å². The second-order valence-corrected chi connectivity index (χ2v) is 6.68. The van der Waals surface area contributed by atoms with Gasteiger partial charge in [0.25, 0.3) is 11.5 Å². The summed E-state index contributed by atoms with van der Waals surface area (Å²) in [6, 6.07) is 3.14. The SMILES string of the molecule is COc1cc(C(=O)Nc2cc(C(F)(F)F)c[nH]c2=O)cc(Cl)c1OCC(C)C. The van der Waals surface area contributed by atoms with Crippen LogP contribution >= 0.6 is 11.6 Å². The lowest BCUT2D eigenvalue weighted by Crippen LogP contribution is -2.21. The predicted molar refractivity (Wildman–Crippen MR) is 98.4 cm³/mol. The van der Waals surface area contributed by atoms with E-state index in [1.807, 2.05) is 18.8 Å². The zero-order chi connectivity index (χ0) is 21.1. The Morgan fingerprint density at radius 2 is 1.96 bits per heavy atom. The number of halogens is 4.